The lowest BCUT2D eigenvalue weighted by Gasteiger charge is -2.17. The molecule has 0 fully saturated rings. The quantitative estimate of drug-likeness (QED) is 0.694. The van der Waals surface area contributed by atoms with Crippen LogP contribution in [0, 0.1) is 0 Å². The molecule has 19 heavy (non-hydrogen) atoms. The maximum Gasteiger partial charge on any atom is 0.118 e. The number of benzene rings is 1. The molecule has 0 radical (unpaired) electrons. The van der Waals surface area contributed by atoms with Gasteiger partial charge in [-0.25, -0.2) is 0 Å². The monoisotopic (exact) mass is 264 g/mol. The van der Waals surface area contributed by atoms with E-state index in [9.17, 15) is 0 Å². The average molecular weight is 264 g/mol. The van der Waals surface area contributed by atoms with Crippen LogP contribution in [0.2, 0.25) is 0 Å². The largest absolute Gasteiger partial charge is 0.497 e. The minimum Gasteiger partial charge on any atom is -0.497 e. The first-order chi connectivity index (χ1) is 9.11. The van der Waals surface area contributed by atoms with E-state index >= 15 is 0 Å². The Kier molecular flexibility index (Phi) is 7.53. The summed E-state index contributed by atoms with van der Waals surface area (Å²) in [6.07, 6.45) is 2.48. The molecular formula is C16H28N2O. The number of hydrogen-bond donors (Lipinski definition) is 1. The summed E-state index contributed by atoms with van der Waals surface area (Å²) in [5, 5.41) is 3.45. The molecule has 0 bridgehead atoms. The number of nitrogens with zero attached hydrogens (tertiary/aromatic N) is 1. The Morgan fingerprint density at radius 1 is 1.16 bits per heavy atom. The summed E-state index contributed by atoms with van der Waals surface area (Å²) in [6, 6.07) is 8.91. The molecule has 0 atom stereocenters. The van der Waals surface area contributed by atoms with Crippen LogP contribution in [0.4, 0.5) is 0 Å². The number of nitrogens with one attached hydrogen (secondary N) is 1. The van der Waals surface area contributed by atoms with E-state index in [1.54, 1.807) is 7.11 Å². The highest BCUT2D eigenvalue weighted by Crippen LogP contribution is 2.12. The SMILES string of the molecule is COc1ccc(CN(C)CCCCNC(C)C)cc1. The van der Waals surface area contributed by atoms with Crippen molar-refractivity contribution in [2.45, 2.75) is 39.3 Å². The third kappa shape index (κ3) is 7.19. The van der Waals surface area contributed by atoms with Crippen molar-refractivity contribution in [3.05, 3.63) is 29.8 Å². The van der Waals surface area contributed by atoms with E-state index in [4.69, 9.17) is 4.74 Å². The Bertz CT molecular complexity index is 335. The maximum absolute atomic E-state index is 5.16. The summed E-state index contributed by atoms with van der Waals surface area (Å²) in [5.74, 6) is 0.922. The topological polar surface area (TPSA) is 24.5 Å². The second kappa shape index (κ2) is 8.94. The number of hydrogen-bond acceptors (Lipinski definition) is 3. The summed E-state index contributed by atoms with van der Waals surface area (Å²) >= 11 is 0. The van der Waals surface area contributed by atoms with Crippen molar-refractivity contribution in [3.63, 3.8) is 0 Å². The second-order valence-corrected chi connectivity index (χ2v) is 5.40. The van der Waals surface area contributed by atoms with Crippen LogP contribution in [0.25, 0.3) is 0 Å². The van der Waals surface area contributed by atoms with Crippen LogP contribution in [-0.2, 0) is 6.54 Å². The first kappa shape index (κ1) is 16.0. The molecule has 0 aliphatic rings. The summed E-state index contributed by atoms with van der Waals surface area (Å²) in [4.78, 5) is 2.37. The highest BCUT2D eigenvalue weighted by Gasteiger charge is 2.01. The summed E-state index contributed by atoms with van der Waals surface area (Å²) in [7, 11) is 3.88. The smallest absolute Gasteiger partial charge is 0.118 e. The molecule has 1 rings (SSSR count). The molecule has 1 N–H and O–H groups in total. The summed E-state index contributed by atoms with van der Waals surface area (Å²) in [5.41, 5.74) is 1.34. The molecule has 3 nitrogen and oxygen atoms in total. The second-order valence-electron chi connectivity index (χ2n) is 5.40. The van der Waals surface area contributed by atoms with Gasteiger partial charge in [0, 0.05) is 12.6 Å². The fourth-order valence-electron chi connectivity index (χ4n) is 2.02. The minimum atomic E-state index is 0.594. The van der Waals surface area contributed by atoms with E-state index in [0.717, 1.165) is 25.4 Å². The molecule has 1 aromatic rings. The van der Waals surface area contributed by atoms with Crippen LogP contribution in [0.3, 0.4) is 0 Å². The first-order valence-corrected chi connectivity index (χ1v) is 7.16. The van der Waals surface area contributed by atoms with Gasteiger partial charge in [-0.2, -0.15) is 0 Å². The van der Waals surface area contributed by atoms with Crippen LogP contribution in [0.1, 0.15) is 32.3 Å². The normalized spacial score (nSPS) is 11.3. The van der Waals surface area contributed by atoms with E-state index in [2.05, 4.69) is 43.2 Å². The van der Waals surface area contributed by atoms with Gasteiger partial charge in [0.25, 0.3) is 0 Å². The van der Waals surface area contributed by atoms with Crippen LogP contribution in [0.15, 0.2) is 24.3 Å². The molecule has 0 aromatic heterocycles. The van der Waals surface area contributed by atoms with Crippen molar-refractivity contribution >= 4 is 0 Å². The first-order valence-electron chi connectivity index (χ1n) is 7.16. The zero-order valence-electron chi connectivity index (χ0n) is 12.8. The van der Waals surface area contributed by atoms with E-state index in [1.807, 2.05) is 12.1 Å². The molecule has 0 saturated heterocycles. The predicted molar refractivity (Wildman–Crippen MR) is 81.7 cm³/mol. The van der Waals surface area contributed by atoms with Crippen molar-refractivity contribution in [2.24, 2.45) is 0 Å². The van der Waals surface area contributed by atoms with E-state index < -0.39 is 0 Å². The molecular weight excluding hydrogens is 236 g/mol. The van der Waals surface area contributed by atoms with Gasteiger partial charge in [-0.15, -0.1) is 0 Å². The fourth-order valence-corrected chi connectivity index (χ4v) is 2.02. The molecule has 1 aromatic carbocycles. The van der Waals surface area contributed by atoms with Gasteiger partial charge in [-0.05, 0) is 50.7 Å². The van der Waals surface area contributed by atoms with Gasteiger partial charge in [0.1, 0.15) is 5.75 Å². The Morgan fingerprint density at radius 2 is 1.84 bits per heavy atom. The summed E-state index contributed by atoms with van der Waals surface area (Å²) in [6.45, 7) is 7.65. The lowest BCUT2D eigenvalue weighted by Crippen LogP contribution is -2.25. The maximum atomic E-state index is 5.16. The van der Waals surface area contributed by atoms with Crippen molar-refractivity contribution < 1.29 is 4.74 Å². The Labute approximate surface area is 118 Å². The number of unbranched alkanes of at least 4 members (excludes halogenated alkanes) is 1. The van der Waals surface area contributed by atoms with Crippen molar-refractivity contribution in [1.29, 1.82) is 0 Å². The summed E-state index contributed by atoms with van der Waals surface area (Å²) < 4.78 is 5.16. The molecule has 0 unspecified atom stereocenters. The van der Waals surface area contributed by atoms with Crippen LogP contribution < -0.4 is 10.1 Å². The molecule has 108 valence electrons. The van der Waals surface area contributed by atoms with Gasteiger partial charge < -0.3 is 15.0 Å². The molecule has 0 heterocycles. The Balaban J connectivity index is 2.17. The van der Waals surface area contributed by atoms with E-state index in [-0.39, 0.29) is 0 Å². The third-order valence-electron chi connectivity index (χ3n) is 3.13. The van der Waals surface area contributed by atoms with E-state index in [0.29, 0.717) is 6.04 Å². The van der Waals surface area contributed by atoms with Gasteiger partial charge in [0.2, 0.25) is 0 Å². The predicted octanol–water partition coefficient (Wildman–Crippen LogP) is 2.91. The minimum absolute atomic E-state index is 0.594. The van der Waals surface area contributed by atoms with Crippen molar-refractivity contribution in [3.8, 4) is 5.75 Å². The average Bonchev–Trinajstić information content (AvgIpc) is 2.39. The standard InChI is InChI=1S/C16H28N2O/c1-14(2)17-11-5-6-12-18(3)13-15-7-9-16(19-4)10-8-15/h7-10,14,17H,5-6,11-13H2,1-4H3. The van der Waals surface area contributed by atoms with Crippen LogP contribution >= 0.6 is 0 Å². The molecule has 3 heteroatoms. The number of methoxy groups -OCH3 is 1. The fraction of sp³-hybridized carbons (Fsp3) is 0.625. The molecule has 0 spiro atoms. The number of rotatable bonds is 9. The lowest BCUT2D eigenvalue weighted by atomic mass is 10.2. The molecule has 0 aliphatic carbocycles. The molecule has 0 saturated carbocycles. The van der Waals surface area contributed by atoms with Gasteiger partial charge in [0.05, 0.1) is 7.11 Å². The van der Waals surface area contributed by atoms with Crippen LogP contribution in [-0.4, -0.2) is 38.2 Å². The van der Waals surface area contributed by atoms with Gasteiger partial charge >= 0.3 is 0 Å². The van der Waals surface area contributed by atoms with Crippen molar-refractivity contribution in [1.82, 2.24) is 10.2 Å². The Morgan fingerprint density at radius 3 is 2.42 bits per heavy atom. The molecule has 0 amide bonds. The van der Waals surface area contributed by atoms with Crippen LogP contribution in [0.5, 0.6) is 5.75 Å². The zero-order chi connectivity index (χ0) is 14.1. The van der Waals surface area contributed by atoms with Crippen molar-refractivity contribution in [2.75, 3.05) is 27.2 Å². The highest BCUT2D eigenvalue weighted by molar-refractivity contribution is 5.26. The lowest BCUT2D eigenvalue weighted by molar-refractivity contribution is 0.317. The third-order valence-corrected chi connectivity index (χ3v) is 3.13. The van der Waals surface area contributed by atoms with Gasteiger partial charge in [-0.3, -0.25) is 0 Å². The van der Waals surface area contributed by atoms with Gasteiger partial charge in [0.15, 0.2) is 0 Å². The number of ether oxygens (including phenoxy) is 1. The molecule has 0 aliphatic heterocycles. The highest BCUT2D eigenvalue weighted by atomic mass is 16.5. The zero-order valence-corrected chi connectivity index (χ0v) is 12.8. The van der Waals surface area contributed by atoms with Gasteiger partial charge in [-0.1, -0.05) is 26.0 Å². The van der Waals surface area contributed by atoms with E-state index in [1.165, 1.54) is 18.4 Å². The Hall–Kier alpha value is -1.06.